The van der Waals surface area contributed by atoms with Gasteiger partial charge in [0.1, 0.15) is 5.75 Å². The molecule has 0 radical (unpaired) electrons. The van der Waals surface area contributed by atoms with Crippen LogP contribution in [0, 0.1) is 0 Å². The Bertz CT molecular complexity index is 262. The minimum atomic E-state index is -0.819. The average molecular weight is 200 g/mol. The first kappa shape index (κ1) is 9.88. The summed E-state index contributed by atoms with van der Waals surface area (Å²) >= 11 is 3.39. The Kier molecular flexibility index (Phi) is 4.14. The molecule has 13 heavy (non-hydrogen) atoms. The Balaban J connectivity index is 2.37. The predicted octanol–water partition coefficient (Wildman–Crippen LogP) is 2.02. The summed E-state index contributed by atoms with van der Waals surface area (Å²) in [7, 11) is 0. The Labute approximate surface area is 81.0 Å². The molecule has 0 unspecified atom stereocenters. The first-order valence-corrected chi connectivity index (χ1v) is 3.85. The summed E-state index contributed by atoms with van der Waals surface area (Å²) in [5.74, 6) is 0.423. The van der Waals surface area contributed by atoms with E-state index in [2.05, 4.69) is 21.8 Å². The number of carbonyl (C=O) groups is 1. The van der Waals surface area contributed by atoms with E-state index < -0.39 is 6.16 Å². The van der Waals surface area contributed by atoms with E-state index in [0.717, 1.165) is 0 Å². The van der Waals surface area contributed by atoms with Crippen molar-refractivity contribution in [3.05, 3.63) is 30.3 Å². The smallest absolute Gasteiger partial charge is 0.406 e. The summed E-state index contributed by atoms with van der Waals surface area (Å²) in [4.78, 5) is 10.8. The fourth-order valence-corrected chi connectivity index (χ4v) is 0.741. The highest BCUT2D eigenvalue weighted by Gasteiger charge is 2.03. The fourth-order valence-electron chi connectivity index (χ4n) is 0.689. The van der Waals surface area contributed by atoms with Crippen molar-refractivity contribution in [2.75, 3.05) is 6.79 Å². The highest BCUT2D eigenvalue weighted by Crippen LogP contribution is 2.08. The summed E-state index contributed by atoms with van der Waals surface area (Å²) in [6.07, 6.45) is -0.819. The summed E-state index contributed by atoms with van der Waals surface area (Å²) in [6.45, 7) is -0.241. The van der Waals surface area contributed by atoms with Crippen molar-refractivity contribution < 1.29 is 18.5 Å². The Hall–Kier alpha value is -1.20. The number of hydrogen-bond acceptors (Lipinski definition) is 5. The van der Waals surface area contributed by atoms with Gasteiger partial charge >= 0.3 is 6.16 Å². The molecule has 1 aromatic rings. The molecule has 0 heterocycles. The van der Waals surface area contributed by atoms with E-state index >= 15 is 0 Å². The molecule has 0 amide bonds. The second kappa shape index (κ2) is 5.45. The minimum Gasteiger partial charge on any atom is -0.406 e. The van der Waals surface area contributed by atoms with Crippen molar-refractivity contribution >= 4 is 19.1 Å². The van der Waals surface area contributed by atoms with Crippen LogP contribution in [0.2, 0.25) is 0 Å². The lowest BCUT2D eigenvalue weighted by Crippen LogP contribution is -2.11. The van der Waals surface area contributed by atoms with Gasteiger partial charge in [0, 0.05) is 0 Å². The number of benzene rings is 1. The van der Waals surface area contributed by atoms with Gasteiger partial charge < -0.3 is 9.47 Å². The van der Waals surface area contributed by atoms with Crippen molar-refractivity contribution in [3.8, 4) is 5.75 Å². The molecule has 0 N–H and O–H groups in total. The Morgan fingerprint density at radius 1 is 1.31 bits per heavy atom. The molecule has 0 aliphatic rings. The zero-order chi connectivity index (χ0) is 9.52. The van der Waals surface area contributed by atoms with E-state index in [0.29, 0.717) is 5.75 Å². The Morgan fingerprint density at radius 2 is 2.00 bits per heavy atom. The molecule has 0 atom stereocenters. The third kappa shape index (κ3) is 3.82. The van der Waals surface area contributed by atoms with Crippen molar-refractivity contribution in [3.63, 3.8) is 0 Å². The number of rotatable bonds is 3. The molecule has 0 fully saturated rings. The van der Waals surface area contributed by atoms with Crippen LogP contribution in [0.15, 0.2) is 30.3 Å². The van der Waals surface area contributed by atoms with Gasteiger partial charge in [0.2, 0.25) is 6.79 Å². The maximum absolute atomic E-state index is 10.8. The Morgan fingerprint density at radius 3 is 2.62 bits per heavy atom. The van der Waals surface area contributed by atoms with E-state index in [1.54, 1.807) is 24.3 Å². The molecule has 0 saturated heterocycles. The SMILES string of the molecule is O=C(OCOS)Oc1ccccc1. The molecule has 1 rings (SSSR count). The molecule has 0 aliphatic heterocycles. The molecular formula is C8H8O4S. The third-order valence-corrected chi connectivity index (χ3v) is 1.28. The second-order valence-corrected chi connectivity index (χ2v) is 2.31. The molecule has 70 valence electrons. The van der Waals surface area contributed by atoms with Gasteiger partial charge in [-0.05, 0) is 25.0 Å². The van der Waals surface area contributed by atoms with Crippen LogP contribution in [0.4, 0.5) is 4.79 Å². The van der Waals surface area contributed by atoms with Gasteiger partial charge in [-0.25, -0.2) is 4.79 Å². The maximum Gasteiger partial charge on any atom is 0.516 e. The molecule has 0 bridgehead atoms. The van der Waals surface area contributed by atoms with Crippen LogP contribution in [0.3, 0.4) is 0 Å². The number of para-hydroxylation sites is 1. The molecule has 1 aromatic carbocycles. The normalized spacial score (nSPS) is 9.31. The fraction of sp³-hybridized carbons (Fsp3) is 0.125. The average Bonchev–Trinajstić information content (AvgIpc) is 2.16. The lowest BCUT2D eigenvalue weighted by atomic mass is 10.3. The summed E-state index contributed by atoms with van der Waals surface area (Å²) in [6, 6.07) is 8.59. The summed E-state index contributed by atoms with van der Waals surface area (Å²) in [5.41, 5.74) is 0. The monoisotopic (exact) mass is 200 g/mol. The van der Waals surface area contributed by atoms with Crippen molar-refractivity contribution in [2.45, 2.75) is 0 Å². The zero-order valence-corrected chi connectivity index (χ0v) is 7.57. The van der Waals surface area contributed by atoms with Gasteiger partial charge in [0.05, 0.1) is 0 Å². The van der Waals surface area contributed by atoms with Crippen molar-refractivity contribution in [1.29, 1.82) is 0 Å². The number of ether oxygens (including phenoxy) is 2. The van der Waals surface area contributed by atoms with Crippen LogP contribution >= 0.6 is 12.9 Å². The van der Waals surface area contributed by atoms with Gasteiger partial charge in [-0.3, -0.25) is 4.18 Å². The number of hydrogen-bond donors (Lipinski definition) is 1. The maximum atomic E-state index is 10.8. The summed E-state index contributed by atoms with van der Waals surface area (Å²) in [5, 5.41) is 0. The van der Waals surface area contributed by atoms with Gasteiger partial charge in [0.15, 0.2) is 0 Å². The lowest BCUT2D eigenvalue weighted by molar-refractivity contribution is 0.0420. The van der Waals surface area contributed by atoms with Gasteiger partial charge in [-0.1, -0.05) is 18.2 Å². The van der Waals surface area contributed by atoms with E-state index in [9.17, 15) is 4.79 Å². The van der Waals surface area contributed by atoms with Crippen LogP contribution in [0.25, 0.3) is 0 Å². The standard InChI is InChI=1S/C8H8O4S/c9-8(10-6-11-13)12-7-4-2-1-3-5-7/h1-5,13H,6H2. The lowest BCUT2D eigenvalue weighted by Gasteiger charge is -2.03. The second-order valence-electron chi connectivity index (χ2n) is 2.06. The number of thiol groups is 1. The first-order chi connectivity index (χ1) is 6.33. The molecule has 0 saturated carbocycles. The molecule has 0 spiro atoms. The summed E-state index contributed by atoms with van der Waals surface area (Å²) < 4.78 is 13.4. The first-order valence-electron chi connectivity index (χ1n) is 3.49. The minimum absolute atomic E-state index is 0.241. The largest absolute Gasteiger partial charge is 0.516 e. The van der Waals surface area contributed by atoms with Gasteiger partial charge in [-0.15, -0.1) is 0 Å². The van der Waals surface area contributed by atoms with Crippen LogP contribution in [-0.4, -0.2) is 12.9 Å². The van der Waals surface area contributed by atoms with Crippen LogP contribution in [-0.2, 0) is 8.92 Å². The molecular weight excluding hydrogens is 192 g/mol. The molecule has 0 aromatic heterocycles. The predicted molar refractivity (Wildman–Crippen MR) is 48.5 cm³/mol. The molecule has 0 aliphatic carbocycles. The third-order valence-electron chi connectivity index (χ3n) is 1.17. The van der Waals surface area contributed by atoms with Crippen molar-refractivity contribution in [1.82, 2.24) is 0 Å². The molecule has 5 heteroatoms. The van der Waals surface area contributed by atoms with Crippen molar-refractivity contribution in [2.24, 2.45) is 0 Å². The van der Waals surface area contributed by atoms with E-state index in [4.69, 9.17) is 4.74 Å². The van der Waals surface area contributed by atoms with E-state index in [1.165, 1.54) is 0 Å². The van der Waals surface area contributed by atoms with Crippen LogP contribution < -0.4 is 4.74 Å². The number of carbonyl (C=O) groups excluding carboxylic acids is 1. The van der Waals surface area contributed by atoms with Gasteiger partial charge in [0.25, 0.3) is 0 Å². The highest BCUT2D eigenvalue weighted by molar-refractivity contribution is 7.75. The zero-order valence-electron chi connectivity index (χ0n) is 6.67. The quantitative estimate of drug-likeness (QED) is 0.266. The van der Waals surface area contributed by atoms with Crippen LogP contribution in [0.1, 0.15) is 0 Å². The van der Waals surface area contributed by atoms with Crippen LogP contribution in [0.5, 0.6) is 5.75 Å². The highest BCUT2D eigenvalue weighted by atomic mass is 32.1. The van der Waals surface area contributed by atoms with Gasteiger partial charge in [-0.2, -0.15) is 0 Å². The van der Waals surface area contributed by atoms with E-state index in [1.807, 2.05) is 6.07 Å². The topological polar surface area (TPSA) is 44.8 Å². The molecule has 4 nitrogen and oxygen atoms in total. The van der Waals surface area contributed by atoms with E-state index in [-0.39, 0.29) is 6.79 Å².